The minimum atomic E-state index is -0.494. The lowest BCUT2D eigenvalue weighted by molar-refractivity contribution is -0.384. The Morgan fingerprint density at radius 3 is 2.82 bits per heavy atom. The molecule has 0 radical (unpaired) electrons. The zero-order chi connectivity index (χ0) is 12.8. The Morgan fingerprint density at radius 1 is 1.53 bits per heavy atom. The summed E-state index contributed by atoms with van der Waals surface area (Å²) in [6.07, 6.45) is 2.70. The van der Waals surface area contributed by atoms with Gasteiger partial charge < -0.3 is 4.74 Å². The van der Waals surface area contributed by atoms with Crippen molar-refractivity contribution in [3.05, 3.63) is 44.4 Å². The number of carbonyl (C=O) groups excluding carboxylic acids is 1. The third kappa shape index (κ3) is 4.36. The molecule has 0 N–H and O–H groups in total. The van der Waals surface area contributed by atoms with Gasteiger partial charge in [0, 0.05) is 22.7 Å². The summed E-state index contributed by atoms with van der Waals surface area (Å²) in [6, 6.07) is 4.44. The molecule has 0 amide bonds. The zero-order valence-electron chi connectivity index (χ0n) is 9.05. The fourth-order valence-corrected chi connectivity index (χ4v) is 1.65. The molecule has 0 aliphatic heterocycles. The van der Waals surface area contributed by atoms with Crippen LogP contribution in [0.4, 0.5) is 5.69 Å². The highest BCUT2D eigenvalue weighted by Gasteiger charge is 2.07. The molecule has 1 rings (SSSR count). The predicted octanol–water partition coefficient (Wildman–Crippen LogP) is 2.93. The van der Waals surface area contributed by atoms with E-state index in [-0.39, 0.29) is 5.69 Å². The maximum absolute atomic E-state index is 11.1. The summed E-state index contributed by atoms with van der Waals surface area (Å²) >= 11 is 3.16. The lowest BCUT2D eigenvalue weighted by Gasteiger charge is -1.97. The smallest absolute Gasteiger partial charge is 0.330 e. The van der Waals surface area contributed by atoms with Crippen LogP contribution < -0.4 is 0 Å². The molecule has 5 nitrogen and oxygen atoms in total. The number of nitrogens with zero attached hydrogens (tertiary/aromatic N) is 1. The Kier molecular flexibility index (Phi) is 4.84. The van der Waals surface area contributed by atoms with E-state index in [9.17, 15) is 14.9 Å². The summed E-state index contributed by atoms with van der Waals surface area (Å²) in [4.78, 5) is 21.2. The topological polar surface area (TPSA) is 69.4 Å². The molecule has 0 bridgehead atoms. The number of nitro benzene ring substituents is 1. The number of hydrogen-bond acceptors (Lipinski definition) is 4. The second-order valence-corrected chi connectivity index (χ2v) is 4.00. The lowest BCUT2D eigenvalue weighted by atomic mass is 10.2. The van der Waals surface area contributed by atoms with E-state index in [1.54, 1.807) is 13.0 Å². The SMILES string of the molecule is CCOC(=O)/C=C/c1cc(Br)cc([N+](=O)[O-])c1. The average Bonchev–Trinajstić information content (AvgIpc) is 2.26. The molecule has 6 heteroatoms. The zero-order valence-corrected chi connectivity index (χ0v) is 10.6. The van der Waals surface area contributed by atoms with Crippen molar-refractivity contribution in [2.45, 2.75) is 6.92 Å². The minimum Gasteiger partial charge on any atom is -0.463 e. The Labute approximate surface area is 106 Å². The summed E-state index contributed by atoms with van der Waals surface area (Å²) in [5.74, 6) is -0.477. The van der Waals surface area contributed by atoms with Crippen molar-refractivity contribution < 1.29 is 14.5 Å². The van der Waals surface area contributed by atoms with Crippen molar-refractivity contribution >= 4 is 33.7 Å². The number of rotatable bonds is 4. The van der Waals surface area contributed by atoms with Gasteiger partial charge in [-0.3, -0.25) is 10.1 Å². The Morgan fingerprint density at radius 2 is 2.24 bits per heavy atom. The number of ether oxygens (including phenoxy) is 1. The maximum atomic E-state index is 11.1. The summed E-state index contributed by atoms with van der Waals surface area (Å²) in [5, 5.41) is 10.6. The van der Waals surface area contributed by atoms with Gasteiger partial charge >= 0.3 is 5.97 Å². The highest BCUT2D eigenvalue weighted by Crippen LogP contribution is 2.22. The Hall–Kier alpha value is -1.69. The van der Waals surface area contributed by atoms with Gasteiger partial charge in [0.05, 0.1) is 11.5 Å². The van der Waals surface area contributed by atoms with E-state index in [0.717, 1.165) is 0 Å². The molecule has 0 atom stereocenters. The molecule has 90 valence electrons. The third-order valence-electron chi connectivity index (χ3n) is 1.81. The van der Waals surface area contributed by atoms with Gasteiger partial charge in [0.25, 0.3) is 5.69 Å². The van der Waals surface area contributed by atoms with Crippen molar-refractivity contribution in [1.82, 2.24) is 0 Å². The molecule has 1 aromatic rings. The number of hydrogen-bond donors (Lipinski definition) is 0. The first-order valence-corrected chi connectivity index (χ1v) is 5.62. The molecular weight excluding hydrogens is 290 g/mol. The van der Waals surface area contributed by atoms with E-state index < -0.39 is 10.9 Å². The fourth-order valence-electron chi connectivity index (χ4n) is 1.15. The van der Waals surface area contributed by atoms with Crippen LogP contribution in [0.2, 0.25) is 0 Å². The lowest BCUT2D eigenvalue weighted by Crippen LogP contribution is -1.98. The van der Waals surface area contributed by atoms with Crippen molar-refractivity contribution in [2.75, 3.05) is 6.61 Å². The van der Waals surface area contributed by atoms with Gasteiger partial charge in [-0.25, -0.2) is 4.79 Å². The van der Waals surface area contributed by atoms with Crippen molar-refractivity contribution in [1.29, 1.82) is 0 Å². The molecule has 1 aromatic carbocycles. The average molecular weight is 300 g/mol. The van der Waals surface area contributed by atoms with E-state index in [4.69, 9.17) is 4.74 Å². The molecule has 0 spiro atoms. The predicted molar refractivity (Wildman–Crippen MR) is 66.5 cm³/mol. The maximum Gasteiger partial charge on any atom is 0.330 e. The molecule has 0 fully saturated rings. The first kappa shape index (κ1) is 13.4. The standard InChI is InChI=1S/C11H10BrNO4/c1-2-17-11(14)4-3-8-5-9(12)7-10(6-8)13(15)16/h3-7H,2H2,1H3/b4-3+. The van der Waals surface area contributed by atoms with E-state index in [1.807, 2.05) is 0 Å². The van der Waals surface area contributed by atoms with Crippen LogP contribution >= 0.6 is 15.9 Å². The number of non-ortho nitro benzene ring substituents is 1. The van der Waals surface area contributed by atoms with E-state index in [0.29, 0.717) is 16.6 Å². The van der Waals surface area contributed by atoms with Gasteiger partial charge in [0.1, 0.15) is 0 Å². The Bertz CT molecular complexity index is 471. The molecule has 0 aliphatic carbocycles. The Balaban J connectivity index is 2.91. The van der Waals surface area contributed by atoms with Crippen LogP contribution in [-0.4, -0.2) is 17.5 Å². The van der Waals surface area contributed by atoms with Crippen LogP contribution in [0, 0.1) is 10.1 Å². The van der Waals surface area contributed by atoms with Crippen LogP contribution in [0.5, 0.6) is 0 Å². The van der Waals surface area contributed by atoms with Crippen LogP contribution in [-0.2, 0) is 9.53 Å². The van der Waals surface area contributed by atoms with Crippen LogP contribution in [0.15, 0.2) is 28.7 Å². The summed E-state index contributed by atoms with van der Waals surface area (Å²) in [5.41, 5.74) is 0.516. The highest BCUT2D eigenvalue weighted by atomic mass is 79.9. The minimum absolute atomic E-state index is 0.0390. The molecule has 0 aliphatic rings. The number of nitro groups is 1. The molecule has 0 saturated heterocycles. The first-order chi connectivity index (χ1) is 8.02. The molecule has 17 heavy (non-hydrogen) atoms. The summed E-state index contributed by atoms with van der Waals surface area (Å²) in [6.45, 7) is 2.00. The van der Waals surface area contributed by atoms with E-state index in [2.05, 4.69) is 15.9 Å². The van der Waals surface area contributed by atoms with Gasteiger partial charge in [0.2, 0.25) is 0 Å². The van der Waals surface area contributed by atoms with Crippen LogP contribution in [0.3, 0.4) is 0 Å². The molecule has 0 saturated carbocycles. The molecule has 0 unspecified atom stereocenters. The van der Waals surface area contributed by atoms with Crippen molar-refractivity contribution in [3.8, 4) is 0 Å². The van der Waals surface area contributed by atoms with Gasteiger partial charge in [-0.05, 0) is 24.6 Å². The van der Waals surface area contributed by atoms with Crippen LogP contribution in [0.25, 0.3) is 6.08 Å². The fraction of sp³-hybridized carbons (Fsp3) is 0.182. The quantitative estimate of drug-likeness (QED) is 0.371. The summed E-state index contributed by atoms with van der Waals surface area (Å²) in [7, 11) is 0. The molecule has 0 aromatic heterocycles. The molecular formula is C11H10BrNO4. The third-order valence-corrected chi connectivity index (χ3v) is 2.27. The summed E-state index contributed by atoms with van der Waals surface area (Å²) < 4.78 is 5.28. The number of esters is 1. The van der Waals surface area contributed by atoms with Gasteiger partial charge in [0.15, 0.2) is 0 Å². The number of halogens is 1. The monoisotopic (exact) mass is 299 g/mol. The van der Waals surface area contributed by atoms with Gasteiger partial charge in [-0.15, -0.1) is 0 Å². The second kappa shape index (κ2) is 6.15. The van der Waals surface area contributed by atoms with Crippen LogP contribution in [0.1, 0.15) is 12.5 Å². The number of carbonyl (C=O) groups is 1. The first-order valence-electron chi connectivity index (χ1n) is 4.82. The second-order valence-electron chi connectivity index (χ2n) is 3.09. The largest absolute Gasteiger partial charge is 0.463 e. The normalized spacial score (nSPS) is 10.5. The molecule has 0 heterocycles. The highest BCUT2D eigenvalue weighted by molar-refractivity contribution is 9.10. The van der Waals surface area contributed by atoms with E-state index >= 15 is 0 Å². The van der Waals surface area contributed by atoms with Gasteiger partial charge in [-0.2, -0.15) is 0 Å². The number of benzene rings is 1. The van der Waals surface area contributed by atoms with Gasteiger partial charge in [-0.1, -0.05) is 15.9 Å². The van der Waals surface area contributed by atoms with E-state index in [1.165, 1.54) is 24.3 Å². The van der Waals surface area contributed by atoms with Crippen molar-refractivity contribution in [2.24, 2.45) is 0 Å². The van der Waals surface area contributed by atoms with Crippen molar-refractivity contribution in [3.63, 3.8) is 0 Å².